The third kappa shape index (κ3) is 5.85. The van der Waals surface area contributed by atoms with E-state index in [0.29, 0.717) is 29.4 Å². The van der Waals surface area contributed by atoms with E-state index in [4.69, 9.17) is 19.3 Å². The zero-order valence-corrected chi connectivity index (χ0v) is 17.6. The third-order valence-corrected chi connectivity index (χ3v) is 4.51. The van der Waals surface area contributed by atoms with E-state index in [9.17, 15) is 9.59 Å². The number of benzene rings is 3. The van der Waals surface area contributed by atoms with E-state index < -0.39 is 5.97 Å². The van der Waals surface area contributed by atoms with Crippen LogP contribution < -0.4 is 19.6 Å². The molecule has 32 heavy (non-hydrogen) atoms. The average Bonchev–Trinajstić information content (AvgIpc) is 2.83. The highest BCUT2D eigenvalue weighted by molar-refractivity contribution is 5.95. The Bertz CT molecular complexity index is 1110. The maximum Gasteiger partial charge on any atom is 0.335 e. The summed E-state index contributed by atoms with van der Waals surface area (Å²) in [5.74, 6) is 0.300. The molecule has 2 N–H and O–H groups in total. The Morgan fingerprint density at radius 3 is 2.19 bits per heavy atom. The Balaban J connectivity index is 1.52. The number of aromatic carboxylic acids is 1. The molecule has 1 amide bonds. The van der Waals surface area contributed by atoms with Crippen LogP contribution in [0.4, 0.5) is 0 Å². The van der Waals surface area contributed by atoms with E-state index >= 15 is 0 Å². The van der Waals surface area contributed by atoms with Crippen LogP contribution in [-0.2, 0) is 6.61 Å². The zero-order valence-electron chi connectivity index (χ0n) is 17.6. The van der Waals surface area contributed by atoms with Gasteiger partial charge in [0.25, 0.3) is 5.91 Å². The van der Waals surface area contributed by atoms with Gasteiger partial charge in [-0.3, -0.25) is 4.79 Å². The van der Waals surface area contributed by atoms with E-state index in [1.54, 1.807) is 54.6 Å². The fourth-order valence-corrected chi connectivity index (χ4v) is 2.77. The molecule has 0 unspecified atom stereocenters. The van der Waals surface area contributed by atoms with Gasteiger partial charge in [0, 0.05) is 5.56 Å². The smallest absolute Gasteiger partial charge is 0.335 e. The molecular formula is C24H22N2O6. The average molecular weight is 434 g/mol. The molecule has 0 radical (unpaired) electrons. The number of methoxy groups -OCH3 is 2. The molecule has 8 nitrogen and oxygen atoms in total. The van der Waals surface area contributed by atoms with Crippen molar-refractivity contribution in [2.75, 3.05) is 14.2 Å². The fraction of sp³-hybridized carbons (Fsp3) is 0.125. The summed E-state index contributed by atoms with van der Waals surface area (Å²) in [4.78, 5) is 23.1. The van der Waals surface area contributed by atoms with Crippen molar-refractivity contribution in [3.8, 4) is 17.2 Å². The maximum atomic E-state index is 12.3. The Morgan fingerprint density at radius 1 is 0.906 bits per heavy atom. The summed E-state index contributed by atoms with van der Waals surface area (Å²) in [5, 5.41) is 12.9. The van der Waals surface area contributed by atoms with Gasteiger partial charge in [-0.1, -0.05) is 12.1 Å². The number of carboxylic acids is 1. The molecular weight excluding hydrogens is 412 g/mol. The summed E-state index contributed by atoms with van der Waals surface area (Å²) < 4.78 is 16.1. The van der Waals surface area contributed by atoms with Crippen LogP contribution in [0, 0.1) is 0 Å². The highest BCUT2D eigenvalue weighted by atomic mass is 16.5. The summed E-state index contributed by atoms with van der Waals surface area (Å²) in [7, 11) is 3.02. The number of carbonyl (C=O) groups is 2. The maximum absolute atomic E-state index is 12.3. The first-order valence-corrected chi connectivity index (χ1v) is 9.60. The fourth-order valence-electron chi connectivity index (χ4n) is 2.77. The Morgan fingerprint density at radius 2 is 1.56 bits per heavy atom. The minimum Gasteiger partial charge on any atom is -0.493 e. The first kappa shape index (κ1) is 22.4. The molecule has 0 saturated carbocycles. The van der Waals surface area contributed by atoms with Crippen molar-refractivity contribution in [3.63, 3.8) is 0 Å². The summed E-state index contributed by atoms with van der Waals surface area (Å²) in [6.45, 7) is 0.314. The predicted molar refractivity (Wildman–Crippen MR) is 119 cm³/mol. The normalized spacial score (nSPS) is 10.6. The monoisotopic (exact) mass is 434 g/mol. The van der Waals surface area contributed by atoms with Gasteiger partial charge >= 0.3 is 5.97 Å². The molecule has 0 aliphatic heterocycles. The largest absolute Gasteiger partial charge is 0.493 e. The van der Waals surface area contributed by atoms with Crippen molar-refractivity contribution in [2.24, 2.45) is 5.10 Å². The van der Waals surface area contributed by atoms with Crippen molar-refractivity contribution in [3.05, 3.63) is 89.0 Å². The lowest BCUT2D eigenvalue weighted by atomic mass is 10.1. The Hall–Kier alpha value is -4.33. The van der Waals surface area contributed by atoms with Crippen molar-refractivity contribution in [1.82, 2.24) is 5.43 Å². The second kappa shape index (κ2) is 10.6. The molecule has 0 aliphatic carbocycles. The predicted octanol–water partition coefficient (Wildman–Crippen LogP) is 3.74. The molecule has 0 fully saturated rings. The molecule has 164 valence electrons. The molecule has 8 heteroatoms. The number of carboxylic acid groups (broad SMARTS) is 1. The minimum absolute atomic E-state index is 0.232. The van der Waals surface area contributed by atoms with Crippen LogP contribution >= 0.6 is 0 Å². The second-order valence-electron chi connectivity index (χ2n) is 6.63. The summed E-state index contributed by atoms with van der Waals surface area (Å²) in [6.07, 6.45) is 1.52. The topological polar surface area (TPSA) is 106 Å². The number of hydrogen-bond acceptors (Lipinski definition) is 6. The Labute approximate surface area is 185 Å². The number of nitrogens with zero attached hydrogens (tertiary/aromatic N) is 1. The third-order valence-electron chi connectivity index (χ3n) is 4.51. The number of carbonyl (C=O) groups excluding carboxylic acids is 1. The number of amides is 1. The number of hydrazone groups is 1. The number of rotatable bonds is 9. The van der Waals surface area contributed by atoms with Gasteiger partial charge < -0.3 is 19.3 Å². The van der Waals surface area contributed by atoms with Crippen LogP contribution in [0.25, 0.3) is 0 Å². The van der Waals surface area contributed by atoms with Gasteiger partial charge in [0.1, 0.15) is 12.4 Å². The van der Waals surface area contributed by atoms with Gasteiger partial charge in [-0.2, -0.15) is 5.10 Å². The summed E-state index contributed by atoms with van der Waals surface area (Å²) >= 11 is 0. The molecule has 0 saturated heterocycles. The summed E-state index contributed by atoms with van der Waals surface area (Å²) in [5.41, 5.74) is 4.73. The van der Waals surface area contributed by atoms with Crippen molar-refractivity contribution >= 4 is 18.1 Å². The highest BCUT2D eigenvalue weighted by Gasteiger charge is 2.10. The van der Waals surface area contributed by atoms with Crippen LogP contribution in [0.2, 0.25) is 0 Å². The van der Waals surface area contributed by atoms with Gasteiger partial charge in [-0.25, -0.2) is 10.2 Å². The van der Waals surface area contributed by atoms with Gasteiger partial charge in [-0.15, -0.1) is 0 Å². The minimum atomic E-state index is -0.963. The SMILES string of the molecule is COc1ccc(C(=O)N/N=C/c2ccc(OCc3ccc(C(=O)O)cc3)cc2)cc1OC. The first-order valence-electron chi connectivity index (χ1n) is 9.60. The first-order chi connectivity index (χ1) is 15.5. The van der Waals surface area contributed by atoms with E-state index in [1.165, 1.54) is 32.6 Å². The molecule has 3 aromatic carbocycles. The van der Waals surface area contributed by atoms with Gasteiger partial charge in [0.2, 0.25) is 0 Å². The van der Waals surface area contributed by atoms with Gasteiger partial charge in [0.05, 0.1) is 26.0 Å². The molecule has 0 spiro atoms. The standard InChI is InChI=1S/C24H22N2O6/c1-30-21-12-9-19(13-22(21)31-2)23(27)26-25-14-16-5-10-20(11-6-16)32-15-17-3-7-18(8-4-17)24(28)29/h3-14H,15H2,1-2H3,(H,26,27)(H,28,29)/b25-14+. The van der Waals surface area contributed by atoms with Crippen LogP contribution in [0.5, 0.6) is 17.2 Å². The van der Waals surface area contributed by atoms with Crippen LogP contribution in [0.3, 0.4) is 0 Å². The molecule has 0 heterocycles. The highest BCUT2D eigenvalue weighted by Crippen LogP contribution is 2.27. The van der Waals surface area contributed by atoms with Crippen LogP contribution in [0.1, 0.15) is 31.8 Å². The van der Waals surface area contributed by atoms with Crippen molar-refractivity contribution < 1.29 is 28.9 Å². The lowest BCUT2D eigenvalue weighted by Gasteiger charge is -2.08. The van der Waals surface area contributed by atoms with Crippen LogP contribution in [0.15, 0.2) is 71.8 Å². The molecule has 0 aliphatic rings. The zero-order chi connectivity index (χ0) is 22.9. The summed E-state index contributed by atoms with van der Waals surface area (Å²) in [6, 6.07) is 18.5. The van der Waals surface area contributed by atoms with E-state index in [-0.39, 0.29) is 11.5 Å². The number of nitrogens with one attached hydrogen (secondary N) is 1. The number of ether oxygens (including phenoxy) is 3. The Kier molecular flexibility index (Phi) is 7.42. The quantitative estimate of drug-likeness (QED) is 0.393. The van der Waals surface area contributed by atoms with Gasteiger partial charge in [-0.05, 0) is 65.7 Å². The molecule has 3 rings (SSSR count). The molecule has 0 aromatic heterocycles. The lowest BCUT2D eigenvalue weighted by molar-refractivity contribution is 0.0696. The van der Waals surface area contributed by atoms with Crippen molar-refractivity contribution in [2.45, 2.75) is 6.61 Å². The van der Waals surface area contributed by atoms with E-state index in [2.05, 4.69) is 10.5 Å². The van der Waals surface area contributed by atoms with Crippen LogP contribution in [-0.4, -0.2) is 37.4 Å². The molecule has 0 atom stereocenters. The number of hydrogen-bond donors (Lipinski definition) is 2. The van der Waals surface area contributed by atoms with Gasteiger partial charge in [0.15, 0.2) is 11.5 Å². The van der Waals surface area contributed by atoms with E-state index in [0.717, 1.165) is 11.1 Å². The molecule has 3 aromatic rings. The lowest BCUT2D eigenvalue weighted by Crippen LogP contribution is -2.17. The molecule has 0 bridgehead atoms. The van der Waals surface area contributed by atoms with E-state index in [1.807, 2.05) is 0 Å². The van der Waals surface area contributed by atoms with Crippen molar-refractivity contribution in [1.29, 1.82) is 0 Å². The second-order valence-corrected chi connectivity index (χ2v) is 6.63.